The number of aliphatic hydroxyl groups excluding tert-OH is 2. The Hall–Kier alpha value is -2.62. The minimum atomic E-state index is 0.106. The average Bonchev–Trinajstić information content (AvgIpc) is 3.08. The Kier molecular flexibility index (Phi) is 6.42. The van der Waals surface area contributed by atoms with E-state index < -0.39 is 0 Å². The summed E-state index contributed by atoms with van der Waals surface area (Å²) in [6.07, 6.45) is 1.10. The van der Waals surface area contributed by atoms with E-state index in [1.165, 1.54) is 22.3 Å². The van der Waals surface area contributed by atoms with Gasteiger partial charge in [0.05, 0.1) is 13.2 Å². The largest absolute Gasteiger partial charge is 0.395 e. The molecule has 3 heteroatoms. The van der Waals surface area contributed by atoms with E-state index in [0.717, 1.165) is 12.1 Å². The van der Waals surface area contributed by atoms with Crippen LogP contribution in [-0.2, 0) is 6.42 Å². The van der Waals surface area contributed by atoms with Gasteiger partial charge in [-0.05, 0) is 40.8 Å². The second-order valence-electron chi connectivity index (χ2n) is 6.26. The zero-order valence-corrected chi connectivity index (χ0v) is 14.9. The molecule has 0 unspecified atom stereocenters. The Labute approximate surface area is 155 Å². The molecule has 0 amide bonds. The SMILES string of the molecule is OCCN(CCO)c1ccccc1.c1ccc2c(c1)Cc1ccccc1-2. The lowest BCUT2D eigenvalue weighted by Gasteiger charge is -2.22. The molecule has 0 bridgehead atoms. The van der Waals surface area contributed by atoms with Crippen molar-refractivity contribution in [2.45, 2.75) is 6.42 Å². The number of hydrogen-bond acceptors (Lipinski definition) is 3. The van der Waals surface area contributed by atoms with Gasteiger partial charge in [-0.1, -0.05) is 66.7 Å². The number of anilines is 1. The minimum absolute atomic E-state index is 0.106. The maximum Gasteiger partial charge on any atom is 0.0606 e. The highest BCUT2D eigenvalue weighted by Gasteiger charge is 2.15. The standard InChI is InChI=1S/C13H10.C10H15NO2/c1-3-7-12-10(5-1)9-11-6-2-4-8-13(11)12;12-8-6-11(7-9-13)10-4-2-1-3-5-10/h1-8H,9H2;1-5,12-13H,6-9H2. The zero-order valence-electron chi connectivity index (χ0n) is 14.9. The number of fused-ring (bicyclic) bond motifs is 3. The van der Waals surface area contributed by atoms with Gasteiger partial charge in [0.2, 0.25) is 0 Å². The number of nitrogens with zero attached hydrogens (tertiary/aromatic N) is 1. The summed E-state index contributed by atoms with van der Waals surface area (Å²) in [6, 6.07) is 27.1. The topological polar surface area (TPSA) is 43.7 Å². The van der Waals surface area contributed by atoms with Gasteiger partial charge in [-0.2, -0.15) is 0 Å². The maximum atomic E-state index is 8.80. The van der Waals surface area contributed by atoms with Crippen LogP contribution in [0.4, 0.5) is 5.69 Å². The van der Waals surface area contributed by atoms with Crippen molar-refractivity contribution in [3.05, 3.63) is 90.0 Å². The molecule has 0 aromatic heterocycles. The molecular weight excluding hydrogens is 322 g/mol. The fraction of sp³-hybridized carbons (Fsp3) is 0.217. The number of hydrogen-bond donors (Lipinski definition) is 2. The second-order valence-corrected chi connectivity index (χ2v) is 6.26. The lowest BCUT2D eigenvalue weighted by molar-refractivity contribution is 0.281. The summed E-state index contributed by atoms with van der Waals surface area (Å²) in [4.78, 5) is 1.94. The molecule has 1 aliphatic rings. The van der Waals surface area contributed by atoms with Crippen molar-refractivity contribution < 1.29 is 10.2 Å². The molecule has 4 rings (SSSR count). The second kappa shape index (κ2) is 9.18. The quantitative estimate of drug-likeness (QED) is 0.578. The predicted molar refractivity (Wildman–Crippen MR) is 108 cm³/mol. The Bertz CT molecular complexity index is 768. The smallest absolute Gasteiger partial charge is 0.0606 e. The van der Waals surface area contributed by atoms with Gasteiger partial charge in [0, 0.05) is 18.8 Å². The molecule has 0 saturated carbocycles. The van der Waals surface area contributed by atoms with E-state index in [4.69, 9.17) is 10.2 Å². The van der Waals surface area contributed by atoms with E-state index in [1.807, 2.05) is 35.2 Å². The fourth-order valence-electron chi connectivity index (χ4n) is 3.33. The van der Waals surface area contributed by atoms with Crippen LogP contribution in [0.15, 0.2) is 78.9 Å². The lowest BCUT2D eigenvalue weighted by Crippen LogP contribution is -2.29. The van der Waals surface area contributed by atoms with Crippen LogP contribution < -0.4 is 4.90 Å². The van der Waals surface area contributed by atoms with Crippen molar-refractivity contribution >= 4 is 5.69 Å². The third-order valence-corrected chi connectivity index (χ3v) is 4.57. The first-order valence-electron chi connectivity index (χ1n) is 9.01. The van der Waals surface area contributed by atoms with Crippen molar-refractivity contribution in [2.75, 3.05) is 31.2 Å². The highest BCUT2D eigenvalue weighted by molar-refractivity contribution is 5.76. The van der Waals surface area contributed by atoms with Crippen LogP contribution in [0.5, 0.6) is 0 Å². The van der Waals surface area contributed by atoms with Gasteiger partial charge < -0.3 is 15.1 Å². The Balaban J connectivity index is 0.000000151. The normalized spacial score (nSPS) is 11.2. The molecule has 26 heavy (non-hydrogen) atoms. The number of rotatable bonds is 5. The molecule has 3 aromatic rings. The molecular formula is C23H25NO2. The first-order chi connectivity index (χ1) is 12.8. The van der Waals surface area contributed by atoms with E-state index in [-0.39, 0.29) is 13.2 Å². The Morgan fingerprint density at radius 2 is 1.08 bits per heavy atom. The summed E-state index contributed by atoms with van der Waals surface area (Å²) < 4.78 is 0. The summed E-state index contributed by atoms with van der Waals surface area (Å²) >= 11 is 0. The molecule has 0 aliphatic heterocycles. The molecule has 0 fully saturated rings. The van der Waals surface area contributed by atoms with Crippen LogP contribution >= 0.6 is 0 Å². The van der Waals surface area contributed by atoms with E-state index in [1.54, 1.807) is 0 Å². The molecule has 3 nitrogen and oxygen atoms in total. The minimum Gasteiger partial charge on any atom is -0.395 e. The predicted octanol–water partition coefficient (Wildman–Crippen LogP) is 3.74. The van der Waals surface area contributed by atoms with Crippen molar-refractivity contribution in [3.8, 4) is 11.1 Å². The van der Waals surface area contributed by atoms with Crippen LogP contribution in [0.3, 0.4) is 0 Å². The van der Waals surface area contributed by atoms with Gasteiger partial charge in [-0.3, -0.25) is 0 Å². The van der Waals surface area contributed by atoms with Crippen LogP contribution in [0.25, 0.3) is 11.1 Å². The summed E-state index contributed by atoms with van der Waals surface area (Å²) in [5, 5.41) is 17.6. The summed E-state index contributed by atoms with van der Waals surface area (Å²) in [7, 11) is 0. The summed E-state index contributed by atoms with van der Waals surface area (Å²) in [6.45, 7) is 1.33. The number of aliphatic hydroxyl groups is 2. The third kappa shape index (κ3) is 4.31. The molecule has 1 aliphatic carbocycles. The van der Waals surface area contributed by atoms with Crippen LogP contribution in [0, 0.1) is 0 Å². The average molecular weight is 347 g/mol. The molecule has 0 spiro atoms. The van der Waals surface area contributed by atoms with E-state index in [9.17, 15) is 0 Å². The third-order valence-electron chi connectivity index (χ3n) is 4.57. The van der Waals surface area contributed by atoms with Crippen LogP contribution in [0.1, 0.15) is 11.1 Å². The Morgan fingerprint density at radius 3 is 1.58 bits per heavy atom. The molecule has 0 heterocycles. The van der Waals surface area contributed by atoms with E-state index >= 15 is 0 Å². The van der Waals surface area contributed by atoms with E-state index in [0.29, 0.717) is 13.1 Å². The highest BCUT2D eigenvalue weighted by Crippen LogP contribution is 2.35. The van der Waals surface area contributed by atoms with Gasteiger partial charge in [-0.25, -0.2) is 0 Å². The van der Waals surface area contributed by atoms with Crippen molar-refractivity contribution in [2.24, 2.45) is 0 Å². The maximum absolute atomic E-state index is 8.80. The van der Waals surface area contributed by atoms with Gasteiger partial charge in [0.15, 0.2) is 0 Å². The molecule has 3 aromatic carbocycles. The van der Waals surface area contributed by atoms with Gasteiger partial charge in [0.1, 0.15) is 0 Å². The van der Waals surface area contributed by atoms with Crippen LogP contribution in [0.2, 0.25) is 0 Å². The molecule has 0 radical (unpaired) electrons. The summed E-state index contributed by atoms with van der Waals surface area (Å²) in [5.41, 5.74) is 6.79. The number of para-hydroxylation sites is 1. The Morgan fingerprint density at radius 1 is 0.615 bits per heavy atom. The first-order valence-corrected chi connectivity index (χ1v) is 9.01. The van der Waals surface area contributed by atoms with E-state index in [2.05, 4.69) is 48.5 Å². The van der Waals surface area contributed by atoms with Crippen molar-refractivity contribution in [1.82, 2.24) is 0 Å². The van der Waals surface area contributed by atoms with Crippen molar-refractivity contribution in [1.29, 1.82) is 0 Å². The molecule has 0 saturated heterocycles. The van der Waals surface area contributed by atoms with Crippen LogP contribution in [-0.4, -0.2) is 36.5 Å². The monoisotopic (exact) mass is 347 g/mol. The molecule has 0 atom stereocenters. The van der Waals surface area contributed by atoms with Crippen molar-refractivity contribution in [3.63, 3.8) is 0 Å². The number of benzene rings is 3. The highest BCUT2D eigenvalue weighted by atomic mass is 16.3. The summed E-state index contributed by atoms with van der Waals surface area (Å²) in [5.74, 6) is 0. The fourth-order valence-corrected chi connectivity index (χ4v) is 3.33. The first kappa shape index (κ1) is 18.2. The zero-order chi connectivity index (χ0) is 18.2. The van der Waals surface area contributed by atoms with Gasteiger partial charge in [0.25, 0.3) is 0 Å². The molecule has 2 N–H and O–H groups in total. The molecule has 134 valence electrons. The lowest BCUT2D eigenvalue weighted by atomic mass is 10.1. The van der Waals surface area contributed by atoms with Gasteiger partial charge >= 0.3 is 0 Å². The van der Waals surface area contributed by atoms with Gasteiger partial charge in [-0.15, -0.1) is 0 Å².